The van der Waals surface area contributed by atoms with Gasteiger partial charge in [0.1, 0.15) is 5.75 Å². The summed E-state index contributed by atoms with van der Waals surface area (Å²) >= 11 is 0. The van der Waals surface area contributed by atoms with Gasteiger partial charge in [-0.3, -0.25) is 14.5 Å². The molecular weight excluding hydrogens is 392 g/mol. The van der Waals surface area contributed by atoms with Crippen LogP contribution in [0.4, 0.5) is 0 Å². The first-order valence-corrected chi connectivity index (χ1v) is 10.7. The Morgan fingerprint density at radius 3 is 2.19 bits per heavy atom. The summed E-state index contributed by atoms with van der Waals surface area (Å²) in [6.07, 6.45) is 0. The quantitative estimate of drug-likeness (QED) is 0.665. The average Bonchev–Trinajstić information content (AvgIpc) is 2.81. The van der Waals surface area contributed by atoms with E-state index in [-0.39, 0.29) is 12.1 Å². The number of piperazine rings is 1. The molecule has 7 heteroatoms. The van der Waals surface area contributed by atoms with E-state index in [2.05, 4.69) is 27.5 Å². The SMILES string of the molecule is COc1ccc(C(CNC(=O)C(=O)NC(C)c2ccccc2)N2CCN(C)CC2)cc1. The van der Waals surface area contributed by atoms with Gasteiger partial charge in [-0.05, 0) is 37.2 Å². The molecule has 2 aromatic rings. The Morgan fingerprint density at radius 1 is 0.935 bits per heavy atom. The lowest BCUT2D eigenvalue weighted by molar-refractivity contribution is -0.139. The van der Waals surface area contributed by atoms with E-state index in [9.17, 15) is 9.59 Å². The third kappa shape index (κ3) is 6.29. The molecule has 0 spiro atoms. The van der Waals surface area contributed by atoms with Gasteiger partial charge in [0.15, 0.2) is 0 Å². The minimum absolute atomic E-state index is 0.0112. The number of ether oxygens (including phenoxy) is 1. The molecule has 1 fully saturated rings. The van der Waals surface area contributed by atoms with Gasteiger partial charge in [0.05, 0.1) is 19.2 Å². The van der Waals surface area contributed by atoms with Crippen LogP contribution in [0.3, 0.4) is 0 Å². The number of nitrogens with zero attached hydrogens (tertiary/aromatic N) is 2. The number of amides is 2. The van der Waals surface area contributed by atoms with Crippen molar-refractivity contribution in [1.29, 1.82) is 0 Å². The number of carbonyl (C=O) groups is 2. The van der Waals surface area contributed by atoms with Crippen LogP contribution < -0.4 is 15.4 Å². The van der Waals surface area contributed by atoms with Crippen molar-refractivity contribution in [1.82, 2.24) is 20.4 Å². The van der Waals surface area contributed by atoms with Gasteiger partial charge in [-0.25, -0.2) is 0 Å². The molecule has 2 aromatic carbocycles. The third-order valence-corrected chi connectivity index (χ3v) is 5.79. The number of benzene rings is 2. The van der Waals surface area contributed by atoms with Crippen LogP contribution in [0.2, 0.25) is 0 Å². The summed E-state index contributed by atoms with van der Waals surface area (Å²) in [6, 6.07) is 17.2. The van der Waals surface area contributed by atoms with Crippen molar-refractivity contribution in [3.8, 4) is 5.75 Å². The Kier molecular flexibility index (Phi) is 8.03. The van der Waals surface area contributed by atoms with Crippen LogP contribution in [0.5, 0.6) is 5.75 Å². The highest BCUT2D eigenvalue weighted by Gasteiger charge is 2.26. The average molecular weight is 425 g/mol. The maximum Gasteiger partial charge on any atom is 0.309 e. The van der Waals surface area contributed by atoms with Crippen molar-refractivity contribution in [2.75, 3.05) is 46.9 Å². The van der Waals surface area contributed by atoms with Crippen molar-refractivity contribution in [2.45, 2.75) is 19.0 Å². The number of hydrogen-bond donors (Lipinski definition) is 2. The lowest BCUT2D eigenvalue weighted by Crippen LogP contribution is -2.49. The third-order valence-electron chi connectivity index (χ3n) is 5.79. The fraction of sp³-hybridized carbons (Fsp3) is 0.417. The highest BCUT2D eigenvalue weighted by atomic mass is 16.5. The zero-order valence-electron chi connectivity index (χ0n) is 18.5. The summed E-state index contributed by atoms with van der Waals surface area (Å²) in [5, 5.41) is 5.61. The molecule has 0 bridgehead atoms. The Morgan fingerprint density at radius 2 is 1.58 bits per heavy atom. The molecule has 7 nitrogen and oxygen atoms in total. The Bertz CT molecular complexity index is 849. The Hall–Kier alpha value is -2.90. The number of nitrogens with one attached hydrogen (secondary N) is 2. The maximum atomic E-state index is 12.5. The first-order chi connectivity index (χ1) is 15.0. The van der Waals surface area contributed by atoms with E-state index in [0.29, 0.717) is 6.54 Å². The summed E-state index contributed by atoms with van der Waals surface area (Å²) in [7, 11) is 3.75. The molecule has 2 N–H and O–H groups in total. The Labute approximate surface area is 184 Å². The summed E-state index contributed by atoms with van der Waals surface area (Å²) in [4.78, 5) is 29.6. The lowest BCUT2D eigenvalue weighted by Gasteiger charge is -2.38. The summed E-state index contributed by atoms with van der Waals surface area (Å²) in [6.45, 7) is 5.97. The van der Waals surface area contributed by atoms with E-state index in [1.54, 1.807) is 7.11 Å². The first-order valence-electron chi connectivity index (χ1n) is 10.7. The predicted octanol–water partition coefficient (Wildman–Crippen LogP) is 1.98. The van der Waals surface area contributed by atoms with Crippen LogP contribution >= 0.6 is 0 Å². The van der Waals surface area contributed by atoms with Crippen LogP contribution in [-0.2, 0) is 9.59 Å². The van der Waals surface area contributed by atoms with E-state index in [4.69, 9.17) is 4.74 Å². The highest BCUT2D eigenvalue weighted by molar-refractivity contribution is 6.35. The highest BCUT2D eigenvalue weighted by Crippen LogP contribution is 2.24. The van der Waals surface area contributed by atoms with Crippen molar-refractivity contribution in [3.05, 3.63) is 65.7 Å². The van der Waals surface area contributed by atoms with Gasteiger partial charge in [0, 0.05) is 32.7 Å². The second-order valence-corrected chi connectivity index (χ2v) is 7.94. The lowest BCUT2D eigenvalue weighted by atomic mass is 10.0. The number of carbonyl (C=O) groups excluding carboxylic acids is 2. The molecule has 2 atom stereocenters. The molecule has 2 unspecified atom stereocenters. The molecule has 1 aliphatic heterocycles. The smallest absolute Gasteiger partial charge is 0.309 e. The van der Waals surface area contributed by atoms with Gasteiger partial charge in [0.25, 0.3) is 0 Å². The normalized spacial score (nSPS) is 16.9. The van der Waals surface area contributed by atoms with Crippen LogP contribution in [0.1, 0.15) is 30.1 Å². The fourth-order valence-corrected chi connectivity index (χ4v) is 3.77. The zero-order valence-corrected chi connectivity index (χ0v) is 18.5. The second-order valence-electron chi connectivity index (χ2n) is 7.94. The molecule has 0 aromatic heterocycles. The molecule has 2 amide bonds. The zero-order chi connectivity index (χ0) is 22.2. The minimum atomic E-state index is -0.622. The number of likely N-dealkylation sites (N-methyl/N-ethyl adjacent to an activating group) is 1. The predicted molar refractivity (Wildman–Crippen MR) is 121 cm³/mol. The topological polar surface area (TPSA) is 73.9 Å². The van der Waals surface area contributed by atoms with E-state index >= 15 is 0 Å². The Balaban J connectivity index is 1.63. The molecule has 0 aliphatic carbocycles. The molecule has 0 radical (unpaired) electrons. The van der Waals surface area contributed by atoms with E-state index in [1.807, 2.05) is 61.5 Å². The van der Waals surface area contributed by atoms with Crippen LogP contribution in [0.25, 0.3) is 0 Å². The molecule has 0 saturated carbocycles. The maximum absolute atomic E-state index is 12.5. The monoisotopic (exact) mass is 424 g/mol. The van der Waals surface area contributed by atoms with E-state index in [0.717, 1.165) is 43.1 Å². The van der Waals surface area contributed by atoms with E-state index < -0.39 is 11.8 Å². The van der Waals surface area contributed by atoms with Gasteiger partial charge < -0.3 is 20.3 Å². The largest absolute Gasteiger partial charge is 0.497 e. The van der Waals surface area contributed by atoms with Gasteiger partial charge in [-0.15, -0.1) is 0 Å². The molecule has 31 heavy (non-hydrogen) atoms. The van der Waals surface area contributed by atoms with Crippen molar-refractivity contribution in [3.63, 3.8) is 0 Å². The summed E-state index contributed by atoms with van der Waals surface area (Å²) < 4.78 is 5.27. The van der Waals surface area contributed by atoms with Gasteiger partial charge in [-0.1, -0.05) is 42.5 Å². The second kappa shape index (κ2) is 10.9. The number of methoxy groups -OCH3 is 1. The fourth-order valence-electron chi connectivity index (χ4n) is 3.77. The van der Waals surface area contributed by atoms with Crippen molar-refractivity contribution in [2.24, 2.45) is 0 Å². The molecule has 1 heterocycles. The van der Waals surface area contributed by atoms with Gasteiger partial charge in [0.2, 0.25) is 0 Å². The van der Waals surface area contributed by atoms with Crippen molar-refractivity contribution < 1.29 is 14.3 Å². The first kappa shape index (κ1) is 22.8. The van der Waals surface area contributed by atoms with Gasteiger partial charge in [-0.2, -0.15) is 0 Å². The standard InChI is InChI=1S/C24H32N4O3/c1-18(19-7-5-4-6-8-19)26-24(30)23(29)25-17-22(28-15-13-27(2)14-16-28)20-9-11-21(31-3)12-10-20/h4-12,18,22H,13-17H2,1-3H3,(H,25,29)(H,26,30). The molecule has 3 rings (SSSR count). The van der Waals surface area contributed by atoms with Crippen LogP contribution in [0.15, 0.2) is 54.6 Å². The molecule has 166 valence electrons. The number of hydrogen-bond acceptors (Lipinski definition) is 5. The van der Waals surface area contributed by atoms with Crippen LogP contribution in [0, 0.1) is 0 Å². The van der Waals surface area contributed by atoms with Gasteiger partial charge >= 0.3 is 11.8 Å². The molecule has 1 aliphatic rings. The van der Waals surface area contributed by atoms with Crippen molar-refractivity contribution >= 4 is 11.8 Å². The minimum Gasteiger partial charge on any atom is -0.497 e. The molecular formula is C24H32N4O3. The summed E-state index contributed by atoms with van der Waals surface area (Å²) in [5.74, 6) is -0.446. The summed E-state index contributed by atoms with van der Waals surface area (Å²) in [5.41, 5.74) is 2.04. The van der Waals surface area contributed by atoms with Crippen LogP contribution in [-0.4, -0.2) is 68.5 Å². The number of rotatable bonds is 7. The molecule has 1 saturated heterocycles. The van der Waals surface area contributed by atoms with E-state index in [1.165, 1.54) is 0 Å².